The molecule has 0 saturated carbocycles. The number of benzene rings is 1. The maximum Gasteiger partial charge on any atom is 0.138 e. The average Bonchev–Trinajstić information content (AvgIpc) is 2.84. The Labute approximate surface area is 126 Å². The number of hydrogen-bond acceptors (Lipinski definition) is 3. The molecular weight excluding hydrogens is 267 g/mol. The molecule has 1 atom stereocenters. The molecule has 1 N–H and O–H groups in total. The first kappa shape index (κ1) is 16.0. The summed E-state index contributed by atoms with van der Waals surface area (Å²) in [5.41, 5.74) is 1.41. The first-order valence-electron chi connectivity index (χ1n) is 7.33. The van der Waals surface area contributed by atoms with Crippen LogP contribution in [0.3, 0.4) is 0 Å². The Morgan fingerprint density at radius 1 is 1.48 bits per heavy atom. The second kappa shape index (κ2) is 7.56. The van der Waals surface area contributed by atoms with Crippen molar-refractivity contribution in [1.29, 1.82) is 0 Å². The molecule has 1 heterocycles. The molecule has 1 aromatic rings. The maximum atomic E-state index is 13.6. The van der Waals surface area contributed by atoms with Gasteiger partial charge < -0.3 is 14.9 Å². The van der Waals surface area contributed by atoms with E-state index < -0.39 is 0 Å². The van der Waals surface area contributed by atoms with Gasteiger partial charge in [-0.05, 0) is 50.7 Å². The molecule has 0 spiro atoms. The van der Waals surface area contributed by atoms with Gasteiger partial charge in [-0.3, -0.25) is 0 Å². The van der Waals surface area contributed by atoms with Crippen molar-refractivity contribution in [2.45, 2.75) is 13.0 Å². The largest absolute Gasteiger partial charge is 0.384 e. The molecule has 2 rings (SSSR count). The van der Waals surface area contributed by atoms with Crippen LogP contribution in [0.4, 0.5) is 4.39 Å². The van der Waals surface area contributed by atoms with Gasteiger partial charge in [-0.25, -0.2) is 4.39 Å². The Bertz CT molecular complexity index is 535. The van der Waals surface area contributed by atoms with Gasteiger partial charge in [-0.2, -0.15) is 0 Å². The number of aliphatic hydroxyl groups excluding tert-OH is 1. The summed E-state index contributed by atoms with van der Waals surface area (Å²) in [4.78, 5) is 4.64. The lowest BCUT2D eigenvalue weighted by Gasteiger charge is -2.21. The normalized spacial score (nSPS) is 18.8. The molecule has 1 fully saturated rings. The Kier molecular flexibility index (Phi) is 5.75. The third-order valence-corrected chi connectivity index (χ3v) is 3.84. The summed E-state index contributed by atoms with van der Waals surface area (Å²) in [5, 5.41) is 8.71. The van der Waals surface area contributed by atoms with Gasteiger partial charge in [0.05, 0.1) is 5.56 Å². The zero-order valence-corrected chi connectivity index (χ0v) is 12.8. The monoisotopic (exact) mass is 290 g/mol. The summed E-state index contributed by atoms with van der Waals surface area (Å²) < 4.78 is 13.6. The van der Waals surface area contributed by atoms with Gasteiger partial charge in [0, 0.05) is 19.6 Å². The van der Waals surface area contributed by atoms with Crippen molar-refractivity contribution in [2.75, 3.05) is 40.3 Å². The Morgan fingerprint density at radius 2 is 2.29 bits per heavy atom. The Morgan fingerprint density at radius 3 is 2.95 bits per heavy atom. The second-order valence-corrected chi connectivity index (χ2v) is 5.89. The SMILES string of the molecule is CN1CCC(CN(C)Cc2ccc(F)c(C#CCO)c2)C1. The number of rotatable bonds is 4. The van der Waals surface area contributed by atoms with E-state index in [1.54, 1.807) is 12.1 Å². The number of nitrogens with zero attached hydrogens (tertiary/aromatic N) is 2. The maximum absolute atomic E-state index is 13.6. The van der Waals surface area contributed by atoms with Gasteiger partial charge in [0.15, 0.2) is 0 Å². The molecule has 4 heteroatoms. The predicted octanol–water partition coefficient (Wildman–Crippen LogP) is 1.55. The van der Waals surface area contributed by atoms with Gasteiger partial charge >= 0.3 is 0 Å². The van der Waals surface area contributed by atoms with Crippen LogP contribution in [-0.4, -0.2) is 55.2 Å². The van der Waals surface area contributed by atoms with Gasteiger partial charge in [0.25, 0.3) is 0 Å². The fourth-order valence-corrected chi connectivity index (χ4v) is 2.89. The fourth-order valence-electron chi connectivity index (χ4n) is 2.89. The van der Waals surface area contributed by atoms with Crippen LogP contribution in [0.2, 0.25) is 0 Å². The molecule has 1 unspecified atom stereocenters. The molecule has 21 heavy (non-hydrogen) atoms. The lowest BCUT2D eigenvalue weighted by molar-refractivity contribution is 0.267. The first-order valence-corrected chi connectivity index (χ1v) is 7.33. The van der Waals surface area contributed by atoms with E-state index in [0.717, 1.165) is 25.2 Å². The van der Waals surface area contributed by atoms with Gasteiger partial charge in [0.2, 0.25) is 0 Å². The molecule has 1 aromatic carbocycles. The van der Waals surface area contributed by atoms with Crippen LogP contribution in [-0.2, 0) is 6.54 Å². The minimum absolute atomic E-state index is 0.251. The topological polar surface area (TPSA) is 26.7 Å². The van der Waals surface area contributed by atoms with Crippen LogP contribution in [0.1, 0.15) is 17.5 Å². The van der Waals surface area contributed by atoms with E-state index in [0.29, 0.717) is 11.5 Å². The quantitative estimate of drug-likeness (QED) is 0.853. The highest BCUT2D eigenvalue weighted by Gasteiger charge is 2.20. The molecule has 1 aliphatic heterocycles. The summed E-state index contributed by atoms with van der Waals surface area (Å²) in [7, 11) is 4.26. The molecule has 3 nitrogen and oxygen atoms in total. The lowest BCUT2D eigenvalue weighted by atomic mass is 10.1. The average molecular weight is 290 g/mol. The number of likely N-dealkylation sites (tertiary alicyclic amines) is 1. The van der Waals surface area contributed by atoms with Crippen molar-refractivity contribution in [2.24, 2.45) is 5.92 Å². The van der Waals surface area contributed by atoms with Crippen molar-refractivity contribution in [3.63, 3.8) is 0 Å². The van der Waals surface area contributed by atoms with Crippen molar-refractivity contribution in [3.05, 3.63) is 35.1 Å². The van der Waals surface area contributed by atoms with Crippen LogP contribution in [0.25, 0.3) is 0 Å². The highest BCUT2D eigenvalue weighted by Crippen LogP contribution is 2.17. The smallest absolute Gasteiger partial charge is 0.138 e. The minimum atomic E-state index is -0.334. The Hall–Kier alpha value is -1.41. The summed E-state index contributed by atoms with van der Waals surface area (Å²) in [6.07, 6.45) is 1.25. The highest BCUT2D eigenvalue weighted by molar-refractivity contribution is 5.38. The van der Waals surface area contributed by atoms with E-state index in [9.17, 15) is 4.39 Å². The standard InChI is InChI=1S/C17H23FN2O/c1-19-8-7-15(12-19)13-20(2)11-14-5-6-17(18)16(10-14)4-3-9-21/h5-6,10,15,21H,7-9,11-13H2,1-2H3. The third kappa shape index (κ3) is 4.82. The van der Waals surface area contributed by atoms with E-state index in [1.807, 2.05) is 0 Å². The summed E-state index contributed by atoms with van der Waals surface area (Å²) in [5.74, 6) is 5.53. The van der Waals surface area contributed by atoms with E-state index in [-0.39, 0.29) is 12.4 Å². The minimum Gasteiger partial charge on any atom is -0.384 e. The van der Waals surface area contributed by atoms with Gasteiger partial charge in [0.1, 0.15) is 12.4 Å². The zero-order valence-electron chi connectivity index (χ0n) is 12.8. The summed E-state index contributed by atoms with van der Waals surface area (Å²) >= 11 is 0. The first-order chi connectivity index (χ1) is 10.1. The Balaban J connectivity index is 1.95. The third-order valence-electron chi connectivity index (χ3n) is 3.84. The number of halogens is 1. The number of hydrogen-bond donors (Lipinski definition) is 1. The second-order valence-electron chi connectivity index (χ2n) is 5.89. The summed E-state index contributed by atoms with van der Waals surface area (Å²) in [6, 6.07) is 5.03. The lowest BCUT2D eigenvalue weighted by Crippen LogP contribution is -2.27. The van der Waals surface area contributed by atoms with Crippen molar-refractivity contribution < 1.29 is 9.50 Å². The van der Waals surface area contributed by atoms with E-state index in [4.69, 9.17) is 5.11 Å². The van der Waals surface area contributed by atoms with Crippen LogP contribution in [0.5, 0.6) is 0 Å². The van der Waals surface area contributed by atoms with Crippen molar-refractivity contribution in [3.8, 4) is 11.8 Å². The van der Waals surface area contributed by atoms with Gasteiger partial charge in [-0.1, -0.05) is 17.9 Å². The van der Waals surface area contributed by atoms with Crippen molar-refractivity contribution >= 4 is 0 Å². The highest BCUT2D eigenvalue weighted by atomic mass is 19.1. The van der Waals surface area contributed by atoms with Gasteiger partial charge in [-0.15, -0.1) is 0 Å². The fraction of sp³-hybridized carbons (Fsp3) is 0.529. The van der Waals surface area contributed by atoms with E-state index >= 15 is 0 Å². The predicted molar refractivity (Wildman–Crippen MR) is 82.3 cm³/mol. The van der Waals surface area contributed by atoms with Crippen LogP contribution < -0.4 is 0 Å². The molecular formula is C17H23FN2O. The molecule has 0 bridgehead atoms. The molecule has 1 saturated heterocycles. The molecule has 114 valence electrons. The zero-order chi connectivity index (χ0) is 15.2. The van der Waals surface area contributed by atoms with Crippen LogP contribution in [0.15, 0.2) is 18.2 Å². The molecule has 1 aliphatic rings. The van der Waals surface area contributed by atoms with Crippen molar-refractivity contribution in [1.82, 2.24) is 9.80 Å². The molecule has 0 radical (unpaired) electrons. The molecule has 0 aromatic heterocycles. The van der Waals surface area contributed by atoms with Crippen LogP contribution in [0, 0.1) is 23.6 Å². The molecule has 0 amide bonds. The number of aliphatic hydroxyl groups is 1. The van der Waals surface area contributed by atoms with E-state index in [2.05, 4.69) is 35.7 Å². The van der Waals surface area contributed by atoms with Crippen LogP contribution >= 0.6 is 0 Å². The van der Waals surface area contributed by atoms with E-state index in [1.165, 1.54) is 19.0 Å². The molecule has 0 aliphatic carbocycles. The summed E-state index contributed by atoms with van der Waals surface area (Å²) in [6.45, 7) is 3.92.